The van der Waals surface area contributed by atoms with Crippen molar-refractivity contribution >= 4 is 75.4 Å². The second kappa shape index (κ2) is 9.38. The first-order valence-electron chi connectivity index (χ1n) is 16.8. The zero-order valence-corrected chi connectivity index (χ0v) is 28.0. The number of fused-ring (bicyclic) bond motifs is 1. The molecule has 0 aromatic heterocycles. The number of aromatic hydroxyl groups is 7. The normalized spacial score (nSPS) is 14.8. The van der Waals surface area contributed by atoms with Crippen LogP contribution >= 0.6 is 0 Å². The molecule has 1 unspecified atom stereocenters. The predicted octanol–water partition coefficient (Wildman–Crippen LogP) is 7.63. The monoisotopic (exact) mass is 696 g/mol. The van der Waals surface area contributed by atoms with E-state index >= 15 is 0 Å². The molecule has 258 valence electrons. The highest BCUT2D eigenvalue weighted by Crippen LogP contribution is 2.62. The molecule has 1 aliphatic heterocycles. The predicted molar refractivity (Wildman–Crippen MR) is 197 cm³/mol. The Morgan fingerprint density at radius 3 is 1.73 bits per heavy atom. The van der Waals surface area contributed by atoms with Crippen LogP contribution in [0.15, 0.2) is 39.9 Å². The number of phenols is 7. The molecule has 52 heavy (non-hydrogen) atoms. The molecular weight excluding hydrogens is 668 g/mol. The van der Waals surface area contributed by atoms with Gasteiger partial charge in [0.15, 0.2) is 0 Å². The quantitative estimate of drug-likeness (QED) is 0.0709. The number of benzene rings is 9. The van der Waals surface area contributed by atoms with Crippen LogP contribution in [0.2, 0.25) is 0 Å². The Hall–Kier alpha value is -6.62. The van der Waals surface area contributed by atoms with E-state index in [1.165, 1.54) is 18.2 Å². The summed E-state index contributed by atoms with van der Waals surface area (Å²) in [6, 6.07) is 7.30. The Kier molecular flexibility index (Phi) is 5.45. The van der Waals surface area contributed by atoms with Crippen molar-refractivity contribution < 1.29 is 45.2 Å². The van der Waals surface area contributed by atoms with Crippen LogP contribution in [-0.4, -0.2) is 35.7 Å². The summed E-state index contributed by atoms with van der Waals surface area (Å²) in [5.41, 5.74) is -0.852. The van der Waals surface area contributed by atoms with Crippen molar-refractivity contribution in [1.29, 1.82) is 0 Å². The fourth-order valence-electron chi connectivity index (χ4n) is 9.01. The van der Waals surface area contributed by atoms with Crippen molar-refractivity contribution in [2.45, 2.75) is 46.3 Å². The minimum absolute atomic E-state index is 0.00611. The van der Waals surface area contributed by atoms with E-state index in [0.29, 0.717) is 5.56 Å². The summed E-state index contributed by atoms with van der Waals surface area (Å²) >= 11 is 0. The standard InChI is InChI=1S/C41H28O11/c1-5-15-34(45)27-24-23-22-21-19(38(49)32-25(22)28(27)36(47)18(11(2)3)37(32)48)16(43)10-17-20(21)29-26(23)30(39(50)31(24)35(15)46)33(44)12(4)40(29)52-41(51-17)13-6-8-14(42)9-7-13/h6-11,41-48H,5H2,1-4H3. The molecule has 1 aliphatic rings. The second-order valence-corrected chi connectivity index (χ2v) is 14.1. The molecule has 0 saturated carbocycles. The van der Waals surface area contributed by atoms with E-state index in [1.54, 1.807) is 39.8 Å². The first kappa shape index (κ1) is 30.2. The molecule has 1 atom stereocenters. The lowest BCUT2D eigenvalue weighted by molar-refractivity contribution is 0.00741. The van der Waals surface area contributed by atoms with E-state index in [0.717, 1.165) is 0 Å². The highest BCUT2D eigenvalue weighted by atomic mass is 16.7. The van der Waals surface area contributed by atoms with Crippen molar-refractivity contribution in [3.05, 3.63) is 73.0 Å². The van der Waals surface area contributed by atoms with Gasteiger partial charge in [-0.3, -0.25) is 9.59 Å². The molecule has 0 saturated heterocycles. The molecule has 1 heterocycles. The third-order valence-corrected chi connectivity index (χ3v) is 11.2. The van der Waals surface area contributed by atoms with E-state index in [2.05, 4.69) is 0 Å². The number of phenolic OH excluding ortho intramolecular Hbond substituents is 7. The van der Waals surface area contributed by atoms with E-state index in [4.69, 9.17) is 9.47 Å². The number of ether oxygens (including phenoxy) is 2. The molecule has 9 aromatic carbocycles. The molecule has 11 nitrogen and oxygen atoms in total. The van der Waals surface area contributed by atoms with Gasteiger partial charge in [-0.05, 0) is 43.5 Å². The fourth-order valence-corrected chi connectivity index (χ4v) is 9.01. The zero-order chi connectivity index (χ0) is 36.6. The summed E-state index contributed by atoms with van der Waals surface area (Å²) in [5.74, 6) is -3.12. The Morgan fingerprint density at radius 2 is 1.10 bits per heavy atom. The fraction of sp³-hybridized carbons (Fsp3) is 0.171. The molecule has 0 aliphatic carbocycles. The molecule has 10 rings (SSSR count). The topological polar surface area (TPSA) is 194 Å². The molecule has 7 N–H and O–H groups in total. The van der Waals surface area contributed by atoms with Crippen LogP contribution in [0, 0.1) is 6.92 Å². The number of rotatable bonds is 3. The molecule has 0 bridgehead atoms. The van der Waals surface area contributed by atoms with Crippen molar-refractivity contribution in [1.82, 2.24) is 0 Å². The minimum atomic E-state index is -1.21. The van der Waals surface area contributed by atoms with Gasteiger partial charge in [0.05, 0.1) is 21.5 Å². The summed E-state index contributed by atoms with van der Waals surface area (Å²) in [6.45, 7) is 6.66. The van der Waals surface area contributed by atoms with Gasteiger partial charge in [-0.25, -0.2) is 0 Å². The molecule has 11 heteroatoms. The van der Waals surface area contributed by atoms with Crippen molar-refractivity contribution in [3.8, 4) is 51.7 Å². The Bertz CT molecular complexity index is 3200. The van der Waals surface area contributed by atoms with Crippen LogP contribution in [0.1, 0.15) is 55.2 Å². The summed E-state index contributed by atoms with van der Waals surface area (Å²) in [6.07, 6.45) is -1.14. The average molecular weight is 697 g/mol. The van der Waals surface area contributed by atoms with Gasteiger partial charge in [0.1, 0.15) is 51.7 Å². The van der Waals surface area contributed by atoms with Crippen LogP contribution in [0.3, 0.4) is 0 Å². The van der Waals surface area contributed by atoms with Gasteiger partial charge in [0.2, 0.25) is 10.9 Å². The van der Waals surface area contributed by atoms with Crippen LogP contribution in [0.4, 0.5) is 0 Å². The summed E-state index contributed by atoms with van der Waals surface area (Å²) < 4.78 is 13.0. The smallest absolute Gasteiger partial charge is 0.267 e. The van der Waals surface area contributed by atoms with Gasteiger partial charge in [0, 0.05) is 82.2 Å². The minimum Gasteiger partial charge on any atom is -0.508 e. The van der Waals surface area contributed by atoms with Crippen molar-refractivity contribution in [2.75, 3.05) is 0 Å². The maximum Gasteiger partial charge on any atom is 0.267 e. The van der Waals surface area contributed by atoms with E-state index in [1.807, 2.05) is 0 Å². The molecule has 0 amide bonds. The van der Waals surface area contributed by atoms with E-state index in [9.17, 15) is 45.3 Å². The lowest BCUT2D eigenvalue weighted by Crippen LogP contribution is -2.14. The SMILES string of the molecule is CCc1c(O)c2c(=O)c3c(O)c(C)c4c5c6c(cc(O)c7c(=O)c8c(O)c(C(C)C)c(O)c9c(c1O)c2c(c35)c(c76)c89)OC(c1ccc(O)cc1)O4. The van der Waals surface area contributed by atoms with E-state index < -0.39 is 57.6 Å². The van der Waals surface area contributed by atoms with Crippen LogP contribution in [0.5, 0.6) is 51.7 Å². The average Bonchev–Trinajstić information content (AvgIpc) is 3.26. The molecular formula is C41H28O11. The van der Waals surface area contributed by atoms with Crippen molar-refractivity contribution in [3.63, 3.8) is 0 Å². The molecule has 0 radical (unpaired) electrons. The first-order chi connectivity index (χ1) is 24.8. The number of hydrogen-bond donors (Lipinski definition) is 7. The molecule has 0 fully saturated rings. The van der Waals surface area contributed by atoms with E-state index in [-0.39, 0.29) is 116 Å². The van der Waals surface area contributed by atoms with Gasteiger partial charge in [-0.1, -0.05) is 20.8 Å². The maximum atomic E-state index is 14.8. The lowest BCUT2D eigenvalue weighted by atomic mass is 9.77. The molecule has 9 aromatic rings. The summed E-state index contributed by atoms with van der Waals surface area (Å²) in [5, 5.41) is 82.0. The zero-order valence-electron chi connectivity index (χ0n) is 28.0. The third-order valence-electron chi connectivity index (χ3n) is 11.2. The van der Waals surface area contributed by atoms with Gasteiger partial charge < -0.3 is 45.2 Å². The second-order valence-electron chi connectivity index (χ2n) is 14.1. The van der Waals surface area contributed by atoms with Gasteiger partial charge >= 0.3 is 0 Å². The third kappa shape index (κ3) is 3.15. The van der Waals surface area contributed by atoms with Crippen LogP contribution < -0.4 is 20.3 Å². The summed E-state index contributed by atoms with van der Waals surface area (Å²) in [4.78, 5) is 29.6. The van der Waals surface area contributed by atoms with Gasteiger partial charge in [-0.2, -0.15) is 0 Å². The lowest BCUT2D eigenvalue weighted by Gasteiger charge is -2.26. The van der Waals surface area contributed by atoms with Crippen LogP contribution in [-0.2, 0) is 6.42 Å². The highest BCUT2D eigenvalue weighted by molar-refractivity contribution is 6.51. The maximum absolute atomic E-state index is 14.8. The van der Waals surface area contributed by atoms with Crippen molar-refractivity contribution in [2.24, 2.45) is 0 Å². The Balaban J connectivity index is 1.63. The first-order valence-corrected chi connectivity index (χ1v) is 16.8. The van der Waals surface area contributed by atoms with Gasteiger partial charge in [0.25, 0.3) is 6.29 Å². The van der Waals surface area contributed by atoms with Gasteiger partial charge in [-0.15, -0.1) is 0 Å². The van der Waals surface area contributed by atoms with Crippen LogP contribution in [0.25, 0.3) is 75.4 Å². The highest BCUT2D eigenvalue weighted by Gasteiger charge is 2.38. The Labute approximate surface area is 291 Å². The molecule has 0 spiro atoms. The Morgan fingerprint density at radius 1 is 0.596 bits per heavy atom. The largest absolute Gasteiger partial charge is 0.508 e. The summed E-state index contributed by atoms with van der Waals surface area (Å²) in [7, 11) is 0. The number of hydrogen-bond acceptors (Lipinski definition) is 11.